The van der Waals surface area contributed by atoms with Crippen LogP contribution >= 0.6 is 0 Å². The molecule has 0 unspecified atom stereocenters. The summed E-state index contributed by atoms with van der Waals surface area (Å²) in [6.07, 6.45) is 12.5. The molecule has 2 nitrogen and oxygen atoms in total. The number of ether oxygens (including phenoxy) is 1. The molecule has 1 N–H and O–H groups in total. The highest BCUT2D eigenvalue weighted by atomic mass is 16.5. The summed E-state index contributed by atoms with van der Waals surface area (Å²) in [6.45, 7) is 24.3. The second-order valence-electron chi connectivity index (χ2n) is 11.1. The van der Waals surface area contributed by atoms with Crippen molar-refractivity contribution in [2.45, 2.75) is 124 Å². The van der Waals surface area contributed by atoms with Crippen LogP contribution in [0.5, 0.6) is 0 Å². The fraction of sp³-hybridized carbons (Fsp3) is 0.846. The van der Waals surface area contributed by atoms with Crippen LogP contribution in [0.4, 0.5) is 0 Å². The first-order chi connectivity index (χ1) is 13.3. The van der Waals surface area contributed by atoms with Crippen LogP contribution in [0, 0.1) is 10.8 Å². The van der Waals surface area contributed by atoms with Gasteiger partial charge in [-0.15, -0.1) is 0 Å². The zero-order valence-electron chi connectivity index (χ0n) is 21.0. The van der Waals surface area contributed by atoms with Gasteiger partial charge in [-0.3, -0.25) is 0 Å². The van der Waals surface area contributed by atoms with Crippen LogP contribution < -0.4 is 0 Å². The first-order valence-corrected chi connectivity index (χ1v) is 12.0. The molecule has 29 heavy (non-hydrogen) atoms. The zero-order valence-corrected chi connectivity index (χ0v) is 21.0. The van der Waals surface area contributed by atoms with E-state index in [2.05, 4.69) is 47.7 Å². The standard InChI is InChI=1S/C26H51BO2/c1-10-26(8,18-19-27-9)20-22(2)14-12-11-13-15-23(3)29-21-24(4,5)16-17-25(6,7)28/h27-28H,2-3,10-21H2,1,4-9H3/t26-/m1/s1. The van der Waals surface area contributed by atoms with Crippen LogP contribution in [0.1, 0.15) is 106 Å². The normalized spacial score (nSPS) is 14.3. The number of aliphatic hydroxyl groups is 1. The Morgan fingerprint density at radius 3 is 2.10 bits per heavy atom. The van der Waals surface area contributed by atoms with Gasteiger partial charge in [-0.25, -0.2) is 0 Å². The molecule has 0 aromatic heterocycles. The van der Waals surface area contributed by atoms with Crippen molar-refractivity contribution in [3.8, 4) is 0 Å². The van der Waals surface area contributed by atoms with E-state index in [1.54, 1.807) is 0 Å². The van der Waals surface area contributed by atoms with E-state index in [-0.39, 0.29) is 5.41 Å². The van der Waals surface area contributed by atoms with Crippen molar-refractivity contribution in [3.05, 3.63) is 24.5 Å². The van der Waals surface area contributed by atoms with Gasteiger partial charge in [0.15, 0.2) is 0 Å². The number of hydrogen-bond acceptors (Lipinski definition) is 2. The third-order valence-corrected chi connectivity index (χ3v) is 6.23. The lowest BCUT2D eigenvalue weighted by Gasteiger charge is -2.29. The van der Waals surface area contributed by atoms with Gasteiger partial charge in [0, 0.05) is 6.42 Å². The molecule has 3 heteroatoms. The molecule has 170 valence electrons. The van der Waals surface area contributed by atoms with E-state index in [0.29, 0.717) is 12.0 Å². The summed E-state index contributed by atoms with van der Waals surface area (Å²) in [4.78, 5) is 0. The maximum absolute atomic E-state index is 9.91. The molecule has 0 amide bonds. The van der Waals surface area contributed by atoms with Gasteiger partial charge in [0.1, 0.15) is 7.28 Å². The Kier molecular flexibility index (Phi) is 13.3. The Balaban J connectivity index is 3.97. The Labute approximate surface area is 183 Å². The third kappa shape index (κ3) is 15.8. The highest BCUT2D eigenvalue weighted by molar-refractivity contribution is 6.33. The molecular weight excluding hydrogens is 355 g/mol. The molecule has 0 spiro atoms. The largest absolute Gasteiger partial charge is 0.498 e. The first-order valence-electron chi connectivity index (χ1n) is 12.0. The minimum atomic E-state index is -0.608. The fourth-order valence-corrected chi connectivity index (χ4v) is 3.65. The van der Waals surface area contributed by atoms with E-state index >= 15 is 0 Å². The quantitative estimate of drug-likeness (QED) is 0.109. The highest BCUT2D eigenvalue weighted by Crippen LogP contribution is 2.35. The SMILES string of the molecule is C=C(CCCCCC(=C)OCC(C)(C)CCC(C)(C)O)C[C@](C)(CC)CCBC. The topological polar surface area (TPSA) is 29.5 Å². The highest BCUT2D eigenvalue weighted by Gasteiger charge is 2.24. The zero-order chi connectivity index (χ0) is 22.6. The van der Waals surface area contributed by atoms with Crippen LogP contribution in [0.3, 0.4) is 0 Å². The molecule has 0 aliphatic carbocycles. The predicted molar refractivity (Wildman–Crippen MR) is 132 cm³/mol. The van der Waals surface area contributed by atoms with E-state index in [1.807, 2.05) is 13.8 Å². The van der Waals surface area contributed by atoms with E-state index < -0.39 is 5.60 Å². The second kappa shape index (κ2) is 13.6. The van der Waals surface area contributed by atoms with Crippen LogP contribution in [-0.4, -0.2) is 24.6 Å². The van der Waals surface area contributed by atoms with Gasteiger partial charge < -0.3 is 9.84 Å². The van der Waals surface area contributed by atoms with Gasteiger partial charge >= 0.3 is 0 Å². The number of allylic oxidation sites excluding steroid dienone is 2. The van der Waals surface area contributed by atoms with E-state index in [4.69, 9.17) is 4.74 Å². The molecule has 0 heterocycles. The van der Waals surface area contributed by atoms with Crippen molar-refractivity contribution in [1.82, 2.24) is 0 Å². The molecular formula is C26H51BO2. The minimum absolute atomic E-state index is 0.0599. The number of hydrogen-bond donors (Lipinski definition) is 1. The molecule has 0 radical (unpaired) electrons. The lowest BCUT2D eigenvalue weighted by Crippen LogP contribution is -2.25. The van der Waals surface area contributed by atoms with Gasteiger partial charge in [0.25, 0.3) is 0 Å². The van der Waals surface area contributed by atoms with Gasteiger partial charge in [-0.05, 0) is 63.2 Å². The maximum atomic E-state index is 9.91. The summed E-state index contributed by atoms with van der Waals surface area (Å²) in [7, 11) is 1.28. The lowest BCUT2D eigenvalue weighted by molar-refractivity contribution is 0.0390. The number of unbranched alkanes of at least 4 members (excludes halogenated alkanes) is 2. The molecule has 0 fully saturated rings. The second-order valence-corrected chi connectivity index (χ2v) is 11.1. The molecule has 0 aliphatic rings. The maximum Gasteiger partial charge on any atom is 0.117 e. The smallest absolute Gasteiger partial charge is 0.117 e. The summed E-state index contributed by atoms with van der Waals surface area (Å²) in [5, 5.41) is 9.91. The summed E-state index contributed by atoms with van der Waals surface area (Å²) in [6, 6.07) is 0. The average molecular weight is 407 g/mol. The summed E-state index contributed by atoms with van der Waals surface area (Å²) in [5.74, 6) is 0.901. The van der Waals surface area contributed by atoms with Crippen molar-refractivity contribution in [2.75, 3.05) is 6.61 Å². The Morgan fingerprint density at radius 2 is 1.55 bits per heavy atom. The first kappa shape index (κ1) is 28.3. The van der Waals surface area contributed by atoms with Crippen molar-refractivity contribution < 1.29 is 9.84 Å². The van der Waals surface area contributed by atoms with Crippen LogP contribution in [0.25, 0.3) is 0 Å². The molecule has 1 atom stereocenters. The van der Waals surface area contributed by atoms with Crippen LogP contribution in [0.15, 0.2) is 24.5 Å². The fourth-order valence-electron chi connectivity index (χ4n) is 3.65. The molecule has 0 aromatic rings. The van der Waals surface area contributed by atoms with Gasteiger partial charge in [-0.1, -0.05) is 78.8 Å². The van der Waals surface area contributed by atoms with Gasteiger partial charge in [-0.2, -0.15) is 0 Å². The molecule has 0 rings (SSSR count). The summed E-state index contributed by atoms with van der Waals surface area (Å²) in [5.41, 5.74) is 1.31. The van der Waals surface area contributed by atoms with E-state index in [0.717, 1.165) is 37.9 Å². The Morgan fingerprint density at radius 1 is 0.931 bits per heavy atom. The molecule has 0 aromatic carbocycles. The van der Waals surface area contributed by atoms with Crippen molar-refractivity contribution >= 4 is 7.28 Å². The van der Waals surface area contributed by atoms with Crippen molar-refractivity contribution in [2.24, 2.45) is 10.8 Å². The van der Waals surface area contributed by atoms with Crippen LogP contribution in [0.2, 0.25) is 13.1 Å². The molecule has 0 bridgehead atoms. The van der Waals surface area contributed by atoms with Crippen molar-refractivity contribution in [1.29, 1.82) is 0 Å². The number of rotatable bonds is 18. The van der Waals surface area contributed by atoms with E-state index in [9.17, 15) is 5.11 Å². The van der Waals surface area contributed by atoms with Crippen molar-refractivity contribution in [3.63, 3.8) is 0 Å². The third-order valence-electron chi connectivity index (χ3n) is 6.23. The molecule has 0 aliphatic heterocycles. The Hall–Kier alpha value is -0.695. The Bertz CT molecular complexity index is 476. The van der Waals surface area contributed by atoms with E-state index in [1.165, 1.54) is 51.3 Å². The summed E-state index contributed by atoms with van der Waals surface area (Å²) < 4.78 is 5.92. The minimum Gasteiger partial charge on any atom is -0.498 e. The molecule has 0 saturated heterocycles. The van der Waals surface area contributed by atoms with Gasteiger partial charge in [0.2, 0.25) is 0 Å². The monoisotopic (exact) mass is 406 g/mol. The summed E-state index contributed by atoms with van der Waals surface area (Å²) >= 11 is 0. The van der Waals surface area contributed by atoms with Gasteiger partial charge in [0.05, 0.1) is 18.0 Å². The van der Waals surface area contributed by atoms with Crippen LogP contribution in [-0.2, 0) is 4.74 Å². The lowest BCUT2D eigenvalue weighted by atomic mass is 9.68. The average Bonchev–Trinajstić information content (AvgIpc) is 2.62. The predicted octanol–water partition coefficient (Wildman–Crippen LogP) is 7.70. The molecule has 0 saturated carbocycles.